The number of carbonyl (C=O) groups is 1. The molecule has 0 aliphatic carbocycles. The zero-order valence-electron chi connectivity index (χ0n) is 9.61. The predicted octanol–water partition coefficient (Wildman–Crippen LogP) is 0.151. The van der Waals surface area contributed by atoms with Crippen LogP contribution in [0.1, 0.15) is 27.7 Å². The van der Waals surface area contributed by atoms with Gasteiger partial charge in [-0.1, -0.05) is 0 Å². The first-order valence-electron chi connectivity index (χ1n) is 4.76. The van der Waals surface area contributed by atoms with E-state index in [-0.39, 0.29) is 0 Å². The van der Waals surface area contributed by atoms with Crippen LogP contribution in [-0.4, -0.2) is 43.2 Å². The maximum Gasteiger partial charge on any atom is 0.378 e. The maximum absolute atomic E-state index is 11.1. The molecule has 16 heavy (non-hydrogen) atoms. The van der Waals surface area contributed by atoms with E-state index in [1.54, 1.807) is 0 Å². The van der Waals surface area contributed by atoms with Gasteiger partial charge in [0.1, 0.15) is 5.60 Å². The molecule has 92 valence electrons. The van der Waals surface area contributed by atoms with Gasteiger partial charge in [0.15, 0.2) is 5.76 Å². The highest BCUT2D eigenvalue weighted by Gasteiger charge is 2.62. The fraction of sp³-hybridized carbons (Fsp3) is 0.700. The largest absolute Gasteiger partial charge is 0.505 e. The smallest absolute Gasteiger partial charge is 0.378 e. The molecule has 0 unspecified atom stereocenters. The Morgan fingerprint density at radius 2 is 1.62 bits per heavy atom. The van der Waals surface area contributed by atoms with Crippen molar-refractivity contribution in [2.45, 2.75) is 44.5 Å². The molecule has 0 saturated heterocycles. The Balaban J connectivity index is 3.30. The van der Waals surface area contributed by atoms with E-state index in [1.165, 1.54) is 27.7 Å². The summed E-state index contributed by atoms with van der Waals surface area (Å²) in [7, 11) is 0. The average molecular weight is 232 g/mol. The minimum Gasteiger partial charge on any atom is -0.505 e. The lowest BCUT2D eigenvalue weighted by atomic mass is 9.74. The lowest BCUT2D eigenvalue weighted by molar-refractivity contribution is -0.221. The van der Waals surface area contributed by atoms with Gasteiger partial charge in [-0.2, -0.15) is 0 Å². The topological polar surface area (TPSA) is 107 Å². The first-order chi connectivity index (χ1) is 6.95. The molecule has 0 spiro atoms. The van der Waals surface area contributed by atoms with Gasteiger partial charge in [-0.25, -0.2) is 4.79 Å². The summed E-state index contributed by atoms with van der Waals surface area (Å²) < 4.78 is 4.74. The van der Waals surface area contributed by atoms with E-state index >= 15 is 0 Å². The molecule has 1 aliphatic heterocycles. The number of esters is 1. The van der Waals surface area contributed by atoms with Crippen LogP contribution < -0.4 is 0 Å². The van der Waals surface area contributed by atoms with Gasteiger partial charge in [0.05, 0.1) is 5.60 Å². The summed E-state index contributed by atoms with van der Waals surface area (Å²) in [5, 5.41) is 38.8. The van der Waals surface area contributed by atoms with Crippen LogP contribution in [0.3, 0.4) is 0 Å². The number of hydrogen-bond donors (Lipinski definition) is 4. The second-order valence-corrected chi connectivity index (χ2v) is 4.75. The van der Waals surface area contributed by atoms with Crippen LogP contribution >= 0.6 is 0 Å². The SMILES string of the molecule is CC(C)(O)[C@](C)(O)[C@@]1(C)OC(=O)C(O)=C1O. The average Bonchev–Trinajstić information content (AvgIpc) is 2.30. The molecule has 0 aromatic rings. The summed E-state index contributed by atoms with van der Waals surface area (Å²) in [6.45, 7) is 5.01. The third-order valence-corrected chi connectivity index (χ3v) is 3.29. The summed E-state index contributed by atoms with van der Waals surface area (Å²) in [5.74, 6) is -2.87. The van der Waals surface area contributed by atoms with E-state index in [2.05, 4.69) is 0 Å². The lowest BCUT2D eigenvalue weighted by Crippen LogP contribution is -2.63. The molecule has 6 nitrogen and oxygen atoms in total. The minimum atomic E-state index is -1.97. The van der Waals surface area contributed by atoms with E-state index in [0.29, 0.717) is 0 Å². The zero-order chi connectivity index (χ0) is 12.9. The van der Waals surface area contributed by atoms with E-state index in [9.17, 15) is 25.2 Å². The van der Waals surface area contributed by atoms with Crippen LogP contribution in [0.5, 0.6) is 0 Å². The molecular formula is C10H16O6. The van der Waals surface area contributed by atoms with Crippen LogP contribution in [-0.2, 0) is 9.53 Å². The number of ether oxygens (including phenoxy) is 1. The van der Waals surface area contributed by atoms with Gasteiger partial charge in [0.2, 0.25) is 11.4 Å². The molecule has 1 aliphatic rings. The fourth-order valence-electron chi connectivity index (χ4n) is 1.52. The van der Waals surface area contributed by atoms with Crippen LogP contribution in [0.15, 0.2) is 11.5 Å². The van der Waals surface area contributed by atoms with Gasteiger partial charge in [-0.3, -0.25) is 0 Å². The summed E-state index contributed by atoms with van der Waals surface area (Å²) >= 11 is 0. The molecule has 0 aromatic heterocycles. The molecule has 2 atom stereocenters. The highest BCUT2D eigenvalue weighted by atomic mass is 16.6. The Labute approximate surface area is 92.8 Å². The molecule has 6 heteroatoms. The van der Waals surface area contributed by atoms with Crippen LogP contribution in [0.4, 0.5) is 0 Å². The quantitative estimate of drug-likeness (QED) is 0.505. The second kappa shape index (κ2) is 3.11. The normalized spacial score (nSPS) is 30.2. The molecule has 0 aromatic carbocycles. The number of hydrogen-bond acceptors (Lipinski definition) is 6. The van der Waals surface area contributed by atoms with Crippen molar-refractivity contribution in [2.75, 3.05) is 0 Å². The number of rotatable bonds is 2. The highest BCUT2D eigenvalue weighted by Crippen LogP contribution is 2.43. The van der Waals surface area contributed by atoms with Crippen LogP contribution in [0, 0.1) is 0 Å². The third-order valence-electron chi connectivity index (χ3n) is 3.29. The lowest BCUT2D eigenvalue weighted by Gasteiger charge is -2.45. The van der Waals surface area contributed by atoms with Crippen molar-refractivity contribution in [3.8, 4) is 0 Å². The maximum atomic E-state index is 11.1. The number of aliphatic hydroxyl groups is 4. The van der Waals surface area contributed by atoms with Crippen LogP contribution in [0.25, 0.3) is 0 Å². The first kappa shape index (κ1) is 12.8. The Morgan fingerprint density at radius 3 is 1.88 bits per heavy atom. The second-order valence-electron chi connectivity index (χ2n) is 4.75. The van der Waals surface area contributed by atoms with Gasteiger partial charge in [-0.05, 0) is 27.7 Å². The Kier molecular flexibility index (Phi) is 2.49. The predicted molar refractivity (Wildman–Crippen MR) is 53.7 cm³/mol. The molecule has 4 N–H and O–H groups in total. The van der Waals surface area contributed by atoms with Gasteiger partial charge >= 0.3 is 5.97 Å². The molecule has 1 rings (SSSR count). The van der Waals surface area contributed by atoms with Crippen molar-refractivity contribution < 1.29 is 30.0 Å². The Hall–Kier alpha value is -1.27. The minimum absolute atomic E-state index is 0.787. The fourth-order valence-corrected chi connectivity index (χ4v) is 1.52. The highest BCUT2D eigenvalue weighted by molar-refractivity contribution is 5.90. The summed E-state index contributed by atoms with van der Waals surface area (Å²) in [6.07, 6.45) is 0. The molecule has 0 saturated carbocycles. The molecule has 0 bridgehead atoms. The third kappa shape index (κ3) is 1.37. The van der Waals surface area contributed by atoms with Crippen molar-refractivity contribution in [3.63, 3.8) is 0 Å². The molecule has 0 amide bonds. The number of aliphatic hydroxyl groups excluding tert-OH is 2. The first-order valence-corrected chi connectivity index (χ1v) is 4.76. The summed E-state index contributed by atoms with van der Waals surface area (Å²) in [6, 6.07) is 0. The van der Waals surface area contributed by atoms with Gasteiger partial charge in [-0.15, -0.1) is 0 Å². The summed E-state index contributed by atoms with van der Waals surface area (Å²) in [4.78, 5) is 11.1. The van der Waals surface area contributed by atoms with E-state index < -0.39 is 34.3 Å². The number of carbonyl (C=O) groups excluding carboxylic acids is 1. The van der Waals surface area contributed by atoms with E-state index in [0.717, 1.165) is 0 Å². The molecule has 1 heterocycles. The Bertz CT molecular complexity index is 362. The van der Waals surface area contributed by atoms with Crippen molar-refractivity contribution in [3.05, 3.63) is 11.5 Å². The van der Waals surface area contributed by atoms with Gasteiger partial charge < -0.3 is 25.2 Å². The Morgan fingerprint density at radius 1 is 1.19 bits per heavy atom. The van der Waals surface area contributed by atoms with Crippen molar-refractivity contribution in [1.82, 2.24) is 0 Å². The van der Waals surface area contributed by atoms with Gasteiger partial charge in [0.25, 0.3) is 0 Å². The van der Waals surface area contributed by atoms with Crippen molar-refractivity contribution in [2.24, 2.45) is 0 Å². The molecule has 0 radical (unpaired) electrons. The monoisotopic (exact) mass is 232 g/mol. The van der Waals surface area contributed by atoms with Crippen molar-refractivity contribution in [1.29, 1.82) is 0 Å². The number of cyclic esters (lactones) is 1. The standard InChI is InChI=1S/C10H16O6/c1-8(2,14)10(4,15)9(3)6(12)5(11)7(13)16-9/h11-12,14-15H,1-4H3/t9-,10-/m0/s1. The molecular weight excluding hydrogens is 216 g/mol. The van der Waals surface area contributed by atoms with Gasteiger partial charge in [0, 0.05) is 0 Å². The van der Waals surface area contributed by atoms with Crippen LogP contribution in [0.2, 0.25) is 0 Å². The summed E-state index contributed by atoms with van der Waals surface area (Å²) in [5.41, 5.74) is -5.50. The zero-order valence-corrected chi connectivity index (χ0v) is 9.61. The van der Waals surface area contributed by atoms with E-state index in [1.807, 2.05) is 0 Å². The molecule has 0 fully saturated rings. The van der Waals surface area contributed by atoms with E-state index in [4.69, 9.17) is 4.74 Å². The van der Waals surface area contributed by atoms with Crippen molar-refractivity contribution >= 4 is 5.97 Å².